The Balaban J connectivity index is 1.59. The molecule has 0 aliphatic carbocycles. The van der Waals surface area contributed by atoms with Gasteiger partial charge in [-0.1, -0.05) is 25.3 Å². The van der Waals surface area contributed by atoms with Crippen LogP contribution >= 0.6 is 11.8 Å². The Labute approximate surface area is 185 Å². The van der Waals surface area contributed by atoms with Crippen molar-refractivity contribution in [3.8, 4) is 0 Å². The summed E-state index contributed by atoms with van der Waals surface area (Å²) in [5, 5.41) is 10.3. The fourth-order valence-corrected chi connectivity index (χ4v) is 7.04. The van der Waals surface area contributed by atoms with Crippen LogP contribution in [0.1, 0.15) is 26.2 Å². The minimum Gasteiger partial charge on any atom is -0.457 e. The highest BCUT2D eigenvalue weighted by molar-refractivity contribution is 8.04. The Kier molecular flexibility index (Phi) is 6.16. The number of rotatable bonds is 7. The first-order chi connectivity index (χ1) is 14.9. The number of carbonyl (C=O) groups excluding carboxylic acids is 3. The van der Waals surface area contributed by atoms with Gasteiger partial charge in [-0.25, -0.2) is 9.59 Å². The van der Waals surface area contributed by atoms with Gasteiger partial charge in [0.1, 0.15) is 18.9 Å². The molecule has 0 aromatic rings. The molecule has 9 heteroatoms. The van der Waals surface area contributed by atoms with Crippen LogP contribution in [0.5, 0.6) is 0 Å². The number of thioether (sulfide) groups is 1. The molecule has 3 fully saturated rings. The summed E-state index contributed by atoms with van der Waals surface area (Å²) in [4.78, 5) is 42.1. The number of ether oxygens (including phenoxy) is 2. The Morgan fingerprint density at radius 1 is 1.29 bits per heavy atom. The van der Waals surface area contributed by atoms with E-state index in [2.05, 4.69) is 13.2 Å². The number of esters is 1. The average molecular weight is 449 g/mol. The van der Waals surface area contributed by atoms with Crippen molar-refractivity contribution in [3.63, 3.8) is 0 Å². The van der Waals surface area contributed by atoms with Gasteiger partial charge in [-0.2, -0.15) is 0 Å². The van der Waals surface area contributed by atoms with Gasteiger partial charge in [-0.15, -0.1) is 11.8 Å². The van der Waals surface area contributed by atoms with E-state index in [1.807, 2.05) is 0 Å². The van der Waals surface area contributed by atoms with Gasteiger partial charge in [-0.3, -0.25) is 4.79 Å². The van der Waals surface area contributed by atoms with Crippen molar-refractivity contribution in [1.29, 1.82) is 0 Å². The lowest BCUT2D eigenvalue weighted by atomic mass is 9.76. The molecule has 3 saturated heterocycles. The van der Waals surface area contributed by atoms with E-state index in [4.69, 9.17) is 9.47 Å². The molecule has 0 bridgehead atoms. The largest absolute Gasteiger partial charge is 0.457 e. The van der Waals surface area contributed by atoms with Crippen molar-refractivity contribution in [2.45, 2.75) is 49.6 Å². The van der Waals surface area contributed by atoms with Crippen molar-refractivity contribution in [2.75, 3.05) is 19.8 Å². The lowest BCUT2D eigenvalue weighted by Crippen LogP contribution is -2.64. The molecule has 8 nitrogen and oxygen atoms in total. The van der Waals surface area contributed by atoms with E-state index in [1.165, 1.54) is 11.0 Å². The highest BCUT2D eigenvalue weighted by atomic mass is 32.2. The second-order valence-electron chi connectivity index (χ2n) is 8.33. The SMILES string of the molecule is C=CCOC(=O)C1=C2SC([C@@H]3CCCN3C(=O)OCC=C)C[C@@H]2[C@@H]2[C@@H]([C@@H](C)O)C(=O)N12. The van der Waals surface area contributed by atoms with Crippen LogP contribution in [-0.2, 0) is 19.1 Å². The second-order valence-corrected chi connectivity index (χ2v) is 9.61. The average Bonchev–Trinajstić information content (AvgIpc) is 3.42. The summed E-state index contributed by atoms with van der Waals surface area (Å²) in [6.45, 7) is 9.63. The first-order valence-electron chi connectivity index (χ1n) is 10.6. The summed E-state index contributed by atoms with van der Waals surface area (Å²) < 4.78 is 10.5. The number of likely N-dealkylation sites (tertiary alicyclic amines) is 1. The minimum atomic E-state index is -0.792. The van der Waals surface area contributed by atoms with E-state index in [0.717, 1.165) is 24.2 Å². The van der Waals surface area contributed by atoms with Crippen molar-refractivity contribution in [2.24, 2.45) is 11.8 Å². The molecular formula is C22H28N2O6S. The highest BCUT2D eigenvalue weighted by Crippen LogP contribution is 2.59. The number of hydrogen-bond acceptors (Lipinski definition) is 7. The Bertz CT molecular complexity index is 840. The third kappa shape index (κ3) is 3.57. The molecule has 168 valence electrons. The maximum absolute atomic E-state index is 12.8. The van der Waals surface area contributed by atoms with E-state index in [-0.39, 0.29) is 48.5 Å². The van der Waals surface area contributed by atoms with E-state index in [9.17, 15) is 19.5 Å². The van der Waals surface area contributed by atoms with Crippen LogP contribution < -0.4 is 0 Å². The monoisotopic (exact) mass is 448 g/mol. The van der Waals surface area contributed by atoms with Gasteiger partial charge in [0.15, 0.2) is 0 Å². The molecule has 4 heterocycles. The van der Waals surface area contributed by atoms with Crippen LogP contribution in [-0.4, -0.2) is 76.1 Å². The third-order valence-electron chi connectivity index (χ3n) is 6.51. The quantitative estimate of drug-likeness (QED) is 0.362. The Hall–Kier alpha value is -2.26. The van der Waals surface area contributed by atoms with E-state index in [0.29, 0.717) is 12.2 Å². The smallest absolute Gasteiger partial charge is 0.410 e. The first-order valence-corrected chi connectivity index (χ1v) is 11.5. The van der Waals surface area contributed by atoms with Crippen molar-refractivity contribution >= 4 is 29.7 Å². The van der Waals surface area contributed by atoms with Gasteiger partial charge in [0.05, 0.1) is 18.1 Å². The van der Waals surface area contributed by atoms with Crippen LogP contribution in [0.15, 0.2) is 35.9 Å². The topological polar surface area (TPSA) is 96.4 Å². The summed E-state index contributed by atoms with van der Waals surface area (Å²) in [7, 11) is 0. The molecule has 6 atom stereocenters. The number of fused-ring (bicyclic) bond motifs is 3. The molecule has 1 unspecified atom stereocenters. The summed E-state index contributed by atoms with van der Waals surface area (Å²) in [6.07, 6.45) is 4.38. The zero-order chi connectivity index (χ0) is 22.3. The molecule has 0 spiro atoms. The lowest BCUT2D eigenvalue weighted by Gasteiger charge is -2.47. The zero-order valence-corrected chi connectivity index (χ0v) is 18.4. The standard InChI is InChI=1S/C22H28N2O6S/c1-4-9-29-21(27)18-19-13(17-16(12(3)25)20(26)24(17)18)11-15(31-19)14-7-6-8-23(14)22(28)30-10-5-2/h4-5,12-17,25H,1-2,6-11H2,3H3/t12-,13-,14+,15?,16-,17-/m1/s1. The number of nitrogens with zero attached hydrogens (tertiary/aromatic N) is 2. The molecular weight excluding hydrogens is 420 g/mol. The molecule has 2 amide bonds. The minimum absolute atomic E-state index is 0.0000823. The van der Waals surface area contributed by atoms with E-state index < -0.39 is 18.0 Å². The predicted molar refractivity (Wildman–Crippen MR) is 115 cm³/mol. The summed E-state index contributed by atoms with van der Waals surface area (Å²) >= 11 is 1.56. The molecule has 31 heavy (non-hydrogen) atoms. The van der Waals surface area contributed by atoms with E-state index >= 15 is 0 Å². The second kappa shape index (κ2) is 8.70. The number of carbonyl (C=O) groups is 3. The molecule has 0 radical (unpaired) electrons. The van der Waals surface area contributed by atoms with Crippen LogP contribution in [0.4, 0.5) is 4.79 Å². The third-order valence-corrected chi connectivity index (χ3v) is 8.07. The Morgan fingerprint density at radius 2 is 2.00 bits per heavy atom. The van der Waals surface area contributed by atoms with Crippen LogP contribution in [0.2, 0.25) is 0 Å². The van der Waals surface area contributed by atoms with Gasteiger partial charge in [0.25, 0.3) is 0 Å². The number of amides is 2. The molecule has 0 aromatic carbocycles. The highest BCUT2D eigenvalue weighted by Gasteiger charge is 2.64. The fraction of sp³-hybridized carbons (Fsp3) is 0.591. The lowest BCUT2D eigenvalue weighted by molar-refractivity contribution is -0.164. The first kappa shape index (κ1) is 22.0. The Morgan fingerprint density at radius 3 is 2.68 bits per heavy atom. The molecule has 4 aliphatic rings. The molecule has 0 aromatic heterocycles. The molecule has 4 rings (SSSR count). The normalized spacial score (nSPS) is 32.3. The van der Waals surface area contributed by atoms with E-state index in [1.54, 1.807) is 29.7 Å². The molecule has 1 N–H and O–H groups in total. The maximum atomic E-state index is 12.8. The molecule has 4 aliphatic heterocycles. The summed E-state index contributed by atoms with van der Waals surface area (Å²) in [5.41, 5.74) is 0.296. The van der Waals surface area contributed by atoms with Crippen molar-refractivity contribution in [1.82, 2.24) is 9.80 Å². The zero-order valence-electron chi connectivity index (χ0n) is 17.6. The van der Waals surface area contributed by atoms with Gasteiger partial charge in [0, 0.05) is 28.7 Å². The van der Waals surface area contributed by atoms with Crippen LogP contribution in [0.3, 0.4) is 0 Å². The summed E-state index contributed by atoms with van der Waals surface area (Å²) in [6, 6.07) is -0.242. The van der Waals surface area contributed by atoms with Gasteiger partial charge < -0.3 is 24.4 Å². The van der Waals surface area contributed by atoms with Gasteiger partial charge >= 0.3 is 12.1 Å². The summed E-state index contributed by atoms with van der Waals surface area (Å²) in [5.74, 6) is -1.34. The van der Waals surface area contributed by atoms with Crippen LogP contribution in [0, 0.1) is 11.8 Å². The van der Waals surface area contributed by atoms with Gasteiger partial charge in [0.2, 0.25) is 5.91 Å². The number of hydrogen-bond donors (Lipinski definition) is 1. The fourth-order valence-electron chi connectivity index (χ4n) is 5.27. The van der Waals surface area contributed by atoms with Crippen molar-refractivity contribution in [3.05, 3.63) is 35.9 Å². The number of aliphatic hydroxyl groups excluding tert-OH is 1. The number of aliphatic hydroxyl groups is 1. The maximum Gasteiger partial charge on any atom is 0.410 e. The predicted octanol–water partition coefficient (Wildman–Crippen LogP) is 2.06. The van der Waals surface area contributed by atoms with Crippen LogP contribution in [0.25, 0.3) is 0 Å². The molecule has 0 saturated carbocycles. The number of β-lactam (4-membered cyclic amide) rings is 1. The van der Waals surface area contributed by atoms with Crippen molar-refractivity contribution < 1.29 is 29.0 Å². The van der Waals surface area contributed by atoms with Gasteiger partial charge in [-0.05, 0) is 26.2 Å².